The number of rotatable bonds is 6. The topological polar surface area (TPSA) is 15.3 Å². The number of anilines is 1. The molecule has 0 aliphatic heterocycles. The average Bonchev–Trinajstić information content (AvgIpc) is 2.69. The zero-order valence-corrected chi connectivity index (χ0v) is 16.2. The normalized spacial score (nSPS) is 13.2. The van der Waals surface area contributed by atoms with Crippen LogP contribution < -0.4 is 10.2 Å². The van der Waals surface area contributed by atoms with Gasteiger partial charge >= 0.3 is 0 Å². The second-order valence-corrected chi connectivity index (χ2v) is 7.16. The molecule has 0 aromatic heterocycles. The molecular formula is C24H28N2. The van der Waals surface area contributed by atoms with Gasteiger partial charge in [-0.3, -0.25) is 0 Å². The summed E-state index contributed by atoms with van der Waals surface area (Å²) in [5.74, 6) is 0. The third-order valence-corrected chi connectivity index (χ3v) is 5.22. The van der Waals surface area contributed by atoms with Crippen molar-refractivity contribution in [2.45, 2.75) is 18.9 Å². The molecule has 0 fully saturated rings. The van der Waals surface area contributed by atoms with Crippen LogP contribution in [-0.2, 0) is 12.0 Å². The average molecular weight is 345 g/mol. The molecule has 1 N–H and O–H groups in total. The molecule has 1 unspecified atom stereocenters. The Kier molecular flexibility index (Phi) is 5.43. The predicted molar refractivity (Wildman–Crippen MR) is 112 cm³/mol. The first-order chi connectivity index (χ1) is 12.6. The van der Waals surface area contributed by atoms with Crippen molar-refractivity contribution in [2.75, 3.05) is 26.0 Å². The zero-order chi connectivity index (χ0) is 18.6. The van der Waals surface area contributed by atoms with Crippen LogP contribution in [0.3, 0.4) is 0 Å². The van der Waals surface area contributed by atoms with Crippen LogP contribution in [0.15, 0.2) is 78.9 Å². The van der Waals surface area contributed by atoms with Crippen molar-refractivity contribution in [1.82, 2.24) is 5.32 Å². The smallest absolute Gasteiger partial charge is 0.0423 e. The number of benzene rings is 3. The Bertz CT molecular complexity index is 820. The maximum Gasteiger partial charge on any atom is 0.0423 e. The molecule has 2 heteroatoms. The van der Waals surface area contributed by atoms with Crippen LogP contribution in [0.1, 0.15) is 29.2 Å². The summed E-state index contributed by atoms with van der Waals surface area (Å²) < 4.78 is 0. The van der Waals surface area contributed by atoms with Gasteiger partial charge in [0.1, 0.15) is 0 Å². The van der Waals surface area contributed by atoms with E-state index in [1.54, 1.807) is 0 Å². The molecule has 26 heavy (non-hydrogen) atoms. The molecule has 1 atom stereocenters. The van der Waals surface area contributed by atoms with Gasteiger partial charge in [-0.15, -0.1) is 0 Å². The number of hydrogen-bond donors (Lipinski definition) is 1. The summed E-state index contributed by atoms with van der Waals surface area (Å²) >= 11 is 0. The van der Waals surface area contributed by atoms with Crippen LogP contribution in [0.2, 0.25) is 0 Å². The fourth-order valence-electron chi connectivity index (χ4n) is 3.52. The largest absolute Gasteiger partial charge is 0.378 e. The van der Waals surface area contributed by atoms with Gasteiger partial charge in [0.15, 0.2) is 0 Å². The predicted octanol–water partition coefficient (Wildman–Crippen LogP) is 4.83. The Morgan fingerprint density at radius 3 is 1.73 bits per heavy atom. The van der Waals surface area contributed by atoms with E-state index in [9.17, 15) is 0 Å². The summed E-state index contributed by atoms with van der Waals surface area (Å²) in [5, 5.41) is 3.22. The highest BCUT2D eigenvalue weighted by molar-refractivity contribution is 5.54. The van der Waals surface area contributed by atoms with E-state index in [2.05, 4.69) is 110 Å². The van der Waals surface area contributed by atoms with E-state index in [-0.39, 0.29) is 5.41 Å². The van der Waals surface area contributed by atoms with Crippen molar-refractivity contribution < 1.29 is 0 Å². The molecule has 3 aromatic rings. The van der Waals surface area contributed by atoms with Crippen molar-refractivity contribution in [3.8, 4) is 0 Å². The zero-order valence-electron chi connectivity index (χ0n) is 16.2. The summed E-state index contributed by atoms with van der Waals surface area (Å²) in [7, 11) is 6.13. The summed E-state index contributed by atoms with van der Waals surface area (Å²) in [6, 6.07) is 28.7. The minimum absolute atomic E-state index is 0.190. The van der Waals surface area contributed by atoms with Crippen LogP contribution in [-0.4, -0.2) is 21.1 Å². The lowest BCUT2D eigenvalue weighted by molar-refractivity contribution is 0.691. The van der Waals surface area contributed by atoms with Gasteiger partial charge in [-0.2, -0.15) is 0 Å². The van der Waals surface area contributed by atoms with E-state index in [0.29, 0.717) is 0 Å². The molecule has 134 valence electrons. The standard InChI is InChI=1S/C24H28N2/c1-24(20-8-6-5-7-9-20,21-12-10-19(11-13-21)18-25-2)22-14-16-23(17-15-22)26(3)4/h5-17,25H,18H2,1-4H3. The van der Waals surface area contributed by atoms with Crippen molar-refractivity contribution in [3.63, 3.8) is 0 Å². The van der Waals surface area contributed by atoms with E-state index in [4.69, 9.17) is 0 Å². The molecule has 3 rings (SSSR count). The Morgan fingerprint density at radius 1 is 0.731 bits per heavy atom. The van der Waals surface area contributed by atoms with Gasteiger partial charge in [-0.05, 0) is 48.4 Å². The summed E-state index contributed by atoms with van der Waals surface area (Å²) in [6.45, 7) is 3.21. The van der Waals surface area contributed by atoms with Crippen LogP contribution in [0, 0.1) is 0 Å². The molecule has 0 radical (unpaired) electrons. The van der Waals surface area contributed by atoms with Gasteiger partial charge in [0.05, 0.1) is 0 Å². The van der Waals surface area contributed by atoms with E-state index >= 15 is 0 Å². The molecule has 0 aliphatic rings. The lowest BCUT2D eigenvalue weighted by atomic mass is 9.71. The highest BCUT2D eigenvalue weighted by atomic mass is 15.1. The molecule has 0 bridgehead atoms. The number of nitrogens with one attached hydrogen (secondary N) is 1. The maximum atomic E-state index is 3.22. The summed E-state index contributed by atoms with van der Waals surface area (Å²) in [6.07, 6.45) is 0. The fraction of sp³-hybridized carbons (Fsp3) is 0.250. The third kappa shape index (κ3) is 3.51. The first kappa shape index (κ1) is 18.2. The summed E-state index contributed by atoms with van der Waals surface area (Å²) in [5.41, 5.74) is 6.24. The third-order valence-electron chi connectivity index (χ3n) is 5.22. The number of nitrogens with zero attached hydrogens (tertiary/aromatic N) is 1. The molecule has 0 spiro atoms. The molecule has 3 aromatic carbocycles. The minimum Gasteiger partial charge on any atom is -0.378 e. The van der Waals surface area contributed by atoms with Gasteiger partial charge in [0.25, 0.3) is 0 Å². The second kappa shape index (κ2) is 7.76. The van der Waals surface area contributed by atoms with E-state index in [0.717, 1.165) is 6.54 Å². The van der Waals surface area contributed by atoms with E-state index in [1.165, 1.54) is 27.9 Å². The summed E-state index contributed by atoms with van der Waals surface area (Å²) in [4.78, 5) is 2.14. The molecule has 0 aliphatic carbocycles. The Labute approximate surface area is 157 Å². The fourth-order valence-corrected chi connectivity index (χ4v) is 3.52. The van der Waals surface area contributed by atoms with Gasteiger partial charge in [0.2, 0.25) is 0 Å². The second-order valence-electron chi connectivity index (χ2n) is 7.16. The van der Waals surface area contributed by atoms with Crippen molar-refractivity contribution in [1.29, 1.82) is 0 Å². The minimum atomic E-state index is -0.190. The van der Waals surface area contributed by atoms with Crippen molar-refractivity contribution in [2.24, 2.45) is 0 Å². The lowest BCUT2D eigenvalue weighted by Gasteiger charge is -2.32. The first-order valence-electron chi connectivity index (χ1n) is 9.13. The Morgan fingerprint density at radius 2 is 1.23 bits per heavy atom. The van der Waals surface area contributed by atoms with Crippen molar-refractivity contribution >= 4 is 5.69 Å². The monoisotopic (exact) mass is 344 g/mol. The van der Waals surface area contributed by atoms with Gasteiger partial charge in [-0.1, -0.05) is 66.7 Å². The molecule has 0 saturated carbocycles. The van der Waals surface area contributed by atoms with Crippen LogP contribution in [0.4, 0.5) is 5.69 Å². The van der Waals surface area contributed by atoms with Crippen LogP contribution >= 0.6 is 0 Å². The quantitative estimate of drug-likeness (QED) is 0.645. The molecule has 0 heterocycles. The SMILES string of the molecule is CNCc1ccc(C(C)(c2ccccc2)c2ccc(N(C)C)cc2)cc1. The highest BCUT2D eigenvalue weighted by Crippen LogP contribution is 2.39. The first-order valence-corrected chi connectivity index (χ1v) is 9.13. The molecule has 2 nitrogen and oxygen atoms in total. The molecular weight excluding hydrogens is 316 g/mol. The maximum absolute atomic E-state index is 3.22. The lowest BCUT2D eigenvalue weighted by Crippen LogP contribution is -2.25. The van der Waals surface area contributed by atoms with Crippen LogP contribution in [0.25, 0.3) is 0 Å². The highest BCUT2D eigenvalue weighted by Gasteiger charge is 2.31. The van der Waals surface area contributed by atoms with E-state index in [1.807, 2.05) is 7.05 Å². The Hall–Kier alpha value is -2.58. The molecule has 0 amide bonds. The van der Waals surface area contributed by atoms with Gasteiger partial charge in [-0.25, -0.2) is 0 Å². The van der Waals surface area contributed by atoms with Crippen LogP contribution in [0.5, 0.6) is 0 Å². The van der Waals surface area contributed by atoms with Crippen molar-refractivity contribution in [3.05, 3.63) is 101 Å². The number of hydrogen-bond acceptors (Lipinski definition) is 2. The van der Waals surface area contributed by atoms with Gasteiger partial charge in [0, 0.05) is 31.7 Å². The Balaban J connectivity index is 2.10. The van der Waals surface area contributed by atoms with Gasteiger partial charge < -0.3 is 10.2 Å². The van der Waals surface area contributed by atoms with E-state index < -0.39 is 0 Å². The molecule has 0 saturated heterocycles.